The summed E-state index contributed by atoms with van der Waals surface area (Å²) in [6.07, 6.45) is 3.14. The highest BCUT2D eigenvalue weighted by Gasteiger charge is 2.46. The molecule has 1 heterocycles. The standard InChI is InChI=1S/C20H24N2O/c21-13-14-7-9-22(10-8-14)20(23)19-12-18(19)17-6-5-15-3-1-2-4-16(15)11-17/h1-6,11,14,18-19H,7-10,12-13,21H2. The quantitative estimate of drug-likeness (QED) is 0.947. The van der Waals surface area contributed by atoms with Crippen molar-refractivity contribution < 1.29 is 4.79 Å². The van der Waals surface area contributed by atoms with Crippen molar-refractivity contribution in [1.82, 2.24) is 4.90 Å². The van der Waals surface area contributed by atoms with Crippen LogP contribution in [0.15, 0.2) is 42.5 Å². The summed E-state index contributed by atoms with van der Waals surface area (Å²) >= 11 is 0. The van der Waals surface area contributed by atoms with Gasteiger partial charge in [-0.15, -0.1) is 0 Å². The summed E-state index contributed by atoms with van der Waals surface area (Å²) in [4.78, 5) is 14.8. The average molecular weight is 308 g/mol. The molecule has 2 unspecified atom stereocenters. The van der Waals surface area contributed by atoms with Crippen LogP contribution in [0.5, 0.6) is 0 Å². The molecule has 2 fully saturated rings. The lowest BCUT2D eigenvalue weighted by Crippen LogP contribution is -2.41. The van der Waals surface area contributed by atoms with Gasteiger partial charge in [0.2, 0.25) is 5.91 Å². The minimum Gasteiger partial charge on any atom is -0.342 e. The van der Waals surface area contributed by atoms with Crippen molar-refractivity contribution in [2.75, 3.05) is 19.6 Å². The Morgan fingerprint density at radius 1 is 1.09 bits per heavy atom. The molecular formula is C20H24N2O. The zero-order valence-electron chi connectivity index (χ0n) is 13.4. The number of hydrogen-bond acceptors (Lipinski definition) is 2. The summed E-state index contributed by atoms with van der Waals surface area (Å²) in [6.45, 7) is 2.54. The van der Waals surface area contributed by atoms with Crippen molar-refractivity contribution >= 4 is 16.7 Å². The molecule has 4 rings (SSSR count). The van der Waals surface area contributed by atoms with Crippen LogP contribution in [-0.2, 0) is 4.79 Å². The number of nitrogens with two attached hydrogens (primary N) is 1. The second kappa shape index (κ2) is 5.97. The third-order valence-electron chi connectivity index (χ3n) is 5.57. The molecule has 1 aliphatic heterocycles. The largest absolute Gasteiger partial charge is 0.342 e. The van der Waals surface area contributed by atoms with Gasteiger partial charge in [-0.3, -0.25) is 4.79 Å². The van der Waals surface area contributed by atoms with Gasteiger partial charge >= 0.3 is 0 Å². The first-order chi connectivity index (χ1) is 11.3. The summed E-state index contributed by atoms with van der Waals surface area (Å²) in [7, 11) is 0. The Bertz CT molecular complexity index is 718. The van der Waals surface area contributed by atoms with Crippen LogP contribution in [0.2, 0.25) is 0 Å². The Balaban J connectivity index is 1.43. The summed E-state index contributed by atoms with van der Waals surface area (Å²) in [5.41, 5.74) is 7.06. The second-order valence-corrected chi connectivity index (χ2v) is 7.06. The number of piperidine rings is 1. The molecule has 23 heavy (non-hydrogen) atoms. The van der Waals surface area contributed by atoms with Crippen LogP contribution < -0.4 is 5.73 Å². The molecule has 3 heteroatoms. The number of carbonyl (C=O) groups is 1. The molecule has 1 saturated carbocycles. The minimum absolute atomic E-state index is 0.200. The third-order valence-corrected chi connectivity index (χ3v) is 5.57. The van der Waals surface area contributed by atoms with E-state index in [1.807, 2.05) is 0 Å². The van der Waals surface area contributed by atoms with E-state index < -0.39 is 0 Å². The number of carbonyl (C=O) groups excluding carboxylic acids is 1. The van der Waals surface area contributed by atoms with Gasteiger partial charge < -0.3 is 10.6 Å². The summed E-state index contributed by atoms with van der Waals surface area (Å²) in [5, 5.41) is 2.54. The van der Waals surface area contributed by atoms with Crippen LogP contribution >= 0.6 is 0 Å². The summed E-state index contributed by atoms with van der Waals surface area (Å²) in [6, 6.07) is 15.1. The van der Waals surface area contributed by atoms with E-state index in [-0.39, 0.29) is 5.92 Å². The Morgan fingerprint density at radius 3 is 2.57 bits per heavy atom. The molecule has 0 bridgehead atoms. The molecule has 0 radical (unpaired) electrons. The number of amides is 1. The molecule has 2 aromatic carbocycles. The highest BCUT2D eigenvalue weighted by molar-refractivity contribution is 5.86. The van der Waals surface area contributed by atoms with Crippen molar-refractivity contribution in [2.24, 2.45) is 17.6 Å². The fourth-order valence-electron chi connectivity index (χ4n) is 3.90. The maximum absolute atomic E-state index is 12.7. The van der Waals surface area contributed by atoms with E-state index in [2.05, 4.69) is 47.4 Å². The third kappa shape index (κ3) is 2.86. The second-order valence-electron chi connectivity index (χ2n) is 7.06. The van der Waals surface area contributed by atoms with Crippen LogP contribution in [0.25, 0.3) is 10.8 Å². The van der Waals surface area contributed by atoms with Crippen LogP contribution in [0.3, 0.4) is 0 Å². The number of hydrogen-bond donors (Lipinski definition) is 1. The Kier molecular flexibility index (Phi) is 3.82. The fourth-order valence-corrected chi connectivity index (χ4v) is 3.90. The molecule has 3 nitrogen and oxygen atoms in total. The Labute approximate surface area is 137 Å². The molecule has 2 N–H and O–H groups in total. The predicted molar refractivity (Wildman–Crippen MR) is 93.2 cm³/mol. The van der Waals surface area contributed by atoms with Crippen molar-refractivity contribution in [3.63, 3.8) is 0 Å². The normalized spacial score (nSPS) is 24.8. The minimum atomic E-state index is 0.200. The van der Waals surface area contributed by atoms with Crippen molar-refractivity contribution in [3.05, 3.63) is 48.0 Å². The molecule has 1 amide bonds. The van der Waals surface area contributed by atoms with Crippen molar-refractivity contribution in [3.8, 4) is 0 Å². The molecule has 2 aliphatic rings. The summed E-state index contributed by atoms with van der Waals surface area (Å²) in [5.74, 6) is 1.58. The topological polar surface area (TPSA) is 46.3 Å². The number of benzene rings is 2. The van der Waals surface area contributed by atoms with Crippen LogP contribution in [0.4, 0.5) is 0 Å². The molecule has 1 aliphatic carbocycles. The first kappa shape index (κ1) is 14.7. The monoisotopic (exact) mass is 308 g/mol. The van der Waals surface area contributed by atoms with Gasteiger partial charge in [0.05, 0.1) is 0 Å². The van der Waals surface area contributed by atoms with Crippen molar-refractivity contribution in [2.45, 2.75) is 25.2 Å². The number of fused-ring (bicyclic) bond motifs is 1. The highest BCUT2D eigenvalue weighted by Crippen LogP contribution is 2.49. The average Bonchev–Trinajstić information content (AvgIpc) is 3.41. The maximum Gasteiger partial charge on any atom is 0.226 e. The van der Waals surface area contributed by atoms with Crippen LogP contribution in [0.1, 0.15) is 30.7 Å². The van der Waals surface area contributed by atoms with E-state index in [1.54, 1.807) is 0 Å². The van der Waals surface area contributed by atoms with Gasteiger partial charge in [-0.25, -0.2) is 0 Å². The van der Waals surface area contributed by atoms with Gasteiger partial charge in [-0.1, -0.05) is 42.5 Å². The molecule has 1 saturated heterocycles. The van der Waals surface area contributed by atoms with Gasteiger partial charge in [-0.2, -0.15) is 0 Å². The zero-order valence-corrected chi connectivity index (χ0v) is 13.4. The predicted octanol–water partition coefficient (Wildman–Crippen LogP) is 3.14. The molecule has 2 atom stereocenters. The fraction of sp³-hybridized carbons (Fsp3) is 0.450. The van der Waals surface area contributed by atoms with Crippen molar-refractivity contribution in [1.29, 1.82) is 0 Å². The van der Waals surface area contributed by atoms with Crippen LogP contribution in [0, 0.1) is 11.8 Å². The van der Waals surface area contributed by atoms with Gasteiger partial charge in [0, 0.05) is 19.0 Å². The first-order valence-electron chi connectivity index (χ1n) is 8.74. The first-order valence-corrected chi connectivity index (χ1v) is 8.74. The smallest absolute Gasteiger partial charge is 0.226 e. The van der Waals surface area contributed by atoms with E-state index in [1.165, 1.54) is 16.3 Å². The van der Waals surface area contributed by atoms with E-state index >= 15 is 0 Å². The van der Waals surface area contributed by atoms with Crippen LogP contribution in [-0.4, -0.2) is 30.4 Å². The maximum atomic E-state index is 12.7. The molecular weight excluding hydrogens is 284 g/mol. The Hall–Kier alpha value is -1.87. The van der Waals surface area contributed by atoms with E-state index in [4.69, 9.17) is 5.73 Å². The van der Waals surface area contributed by atoms with E-state index in [0.717, 1.165) is 38.9 Å². The number of likely N-dealkylation sites (tertiary alicyclic amines) is 1. The van der Waals surface area contributed by atoms with Gasteiger partial charge in [0.1, 0.15) is 0 Å². The highest BCUT2D eigenvalue weighted by atomic mass is 16.2. The lowest BCUT2D eigenvalue weighted by Gasteiger charge is -2.31. The van der Waals surface area contributed by atoms with Gasteiger partial charge in [0.25, 0.3) is 0 Å². The molecule has 120 valence electrons. The lowest BCUT2D eigenvalue weighted by molar-refractivity contribution is -0.134. The number of nitrogens with zero attached hydrogens (tertiary/aromatic N) is 1. The molecule has 0 spiro atoms. The molecule has 2 aromatic rings. The van der Waals surface area contributed by atoms with Gasteiger partial charge in [0.15, 0.2) is 0 Å². The lowest BCUT2D eigenvalue weighted by atomic mass is 9.96. The van der Waals surface area contributed by atoms with E-state index in [0.29, 0.717) is 17.7 Å². The van der Waals surface area contributed by atoms with E-state index in [9.17, 15) is 4.79 Å². The van der Waals surface area contributed by atoms with Gasteiger partial charge in [-0.05, 0) is 54.0 Å². The molecule has 0 aromatic heterocycles. The summed E-state index contributed by atoms with van der Waals surface area (Å²) < 4.78 is 0. The Morgan fingerprint density at radius 2 is 1.83 bits per heavy atom. The number of rotatable bonds is 3. The SMILES string of the molecule is NCC1CCN(C(=O)C2CC2c2ccc3ccccc3c2)CC1. The zero-order chi connectivity index (χ0) is 15.8.